The first-order valence-corrected chi connectivity index (χ1v) is 11.7. The molecule has 0 aliphatic rings. The number of hydrogen-bond acceptors (Lipinski definition) is 7. The van der Waals surface area contributed by atoms with Crippen LogP contribution in [-0.4, -0.2) is 46.4 Å². The number of Topliss-reactive ketones (excluding diaryl/α,β-unsaturated/α-hetero) is 1. The molecule has 3 rings (SSSR count). The Labute approximate surface area is 173 Å². The summed E-state index contributed by atoms with van der Waals surface area (Å²) in [6, 6.07) is 14.3. The van der Waals surface area contributed by atoms with Gasteiger partial charge in [0, 0.05) is 11.3 Å². The maximum Gasteiger partial charge on any atom is 0.229 e. The van der Waals surface area contributed by atoms with Crippen molar-refractivity contribution in [2.24, 2.45) is 0 Å². The summed E-state index contributed by atoms with van der Waals surface area (Å²) in [4.78, 5) is 12.5. The number of anilines is 1. The Balaban J connectivity index is 1.66. The van der Waals surface area contributed by atoms with Gasteiger partial charge in [0.15, 0.2) is 5.78 Å². The largest absolute Gasteiger partial charge is 0.293 e. The Bertz CT molecular complexity index is 1090. The van der Waals surface area contributed by atoms with Crippen LogP contribution in [0.15, 0.2) is 53.7 Å². The molecule has 8 nitrogen and oxygen atoms in total. The Kier molecular flexibility index (Phi) is 6.33. The van der Waals surface area contributed by atoms with Gasteiger partial charge in [0.05, 0.1) is 17.7 Å². The number of nitrogens with one attached hydrogen (secondary N) is 1. The Hall–Kier alpha value is -2.72. The third-order valence-corrected chi connectivity index (χ3v) is 5.61. The van der Waals surface area contributed by atoms with Crippen molar-refractivity contribution in [2.45, 2.75) is 24.9 Å². The molecule has 0 radical (unpaired) electrons. The van der Waals surface area contributed by atoms with E-state index in [1.165, 1.54) is 17.3 Å². The van der Waals surface area contributed by atoms with Crippen molar-refractivity contribution in [1.82, 2.24) is 20.2 Å². The van der Waals surface area contributed by atoms with E-state index in [2.05, 4.69) is 34.1 Å². The van der Waals surface area contributed by atoms with Gasteiger partial charge in [-0.1, -0.05) is 37.7 Å². The van der Waals surface area contributed by atoms with E-state index in [0.29, 0.717) is 22.3 Å². The van der Waals surface area contributed by atoms with Gasteiger partial charge in [0.25, 0.3) is 0 Å². The number of ketones is 1. The van der Waals surface area contributed by atoms with Crippen molar-refractivity contribution in [2.75, 3.05) is 16.7 Å². The van der Waals surface area contributed by atoms with Crippen molar-refractivity contribution in [1.29, 1.82) is 0 Å². The normalized spacial score (nSPS) is 11.6. The zero-order chi connectivity index (χ0) is 21.0. The number of thioether (sulfide) groups is 1. The van der Waals surface area contributed by atoms with Gasteiger partial charge in [-0.2, -0.15) is 4.68 Å². The van der Waals surface area contributed by atoms with E-state index >= 15 is 0 Å². The molecule has 2 aromatic carbocycles. The molecule has 0 aliphatic carbocycles. The quantitative estimate of drug-likeness (QED) is 0.431. The summed E-state index contributed by atoms with van der Waals surface area (Å²) < 4.78 is 26.5. The number of benzene rings is 2. The number of aromatic nitrogens is 4. The summed E-state index contributed by atoms with van der Waals surface area (Å²) in [6.45, 7) is 4.26. The zero-order valence-electron chi connectivity index (χ0n) is 16.2. The molecule has 0 unspecified atom stereocenters. The smallest absolute Gasteiger partial charge is 0.229 e. The lowest BCUT2D eigenvalue weighted by Gasteiger charge is -2.08. The molecule has 0 aliphatic heterocycles. The fourth-order valence-corrected chi connectivity index (χ4v) is 3.93. The molecular formula is C19H21N5O3S2. The van der Waals surface area contributed by atoms with Crippen LogP contribution in [0.2, 0.25) is 0 Å². The molecule has 1 N–H and O–H groups in total. The number of nitrogens with zero attached hydrogens (tertiary/aromatic N) is 4. The zero-order valence-corrected chi connectivity index (χ0v) is 17.9. The van der Waals surface area contributed by atoms with E-state index in [1.54, 1.807) is 28.9 Å². The number of carbonyl (C=O) groups excluding carboxylic acids is 1. The maximum atomic E-state index is 12.5. The average Bonchev–Trinajstić information content (AvgIpc) is 3.14. The third kappa shape index (κ3) is 5.64. The lowest BCUT2D eigenvalue weighted by Crippen LogP contribution is -2.10. The molecule has 152 valence electrons. The van der Waals surface area contributed by atoms with E-state index in [4.69, 9.17) is 0 Å². The van der Waals surface area contributed by atoms with Crippen LogP contribution in [0.4, 0.5) is 5.69 Å². The summed E-state index contributed by atoms with van der Waals surface area (Å²) in [5.41, 5.74) is 2.94. The van der Waals surface area contributed by atoms with Crippen LogP contribution in [0.1, 0.15) is 35.7 Å². The highest BCUT2D eigenvalue weighted by molar-refractivity contribution is 7.99. The molecule has 0 saturated heterocycles. The number of rotatable bonds is 8. The number of hydrogen-bond donors (Lipinski definition) is 1. The van der Waals surface area contributed by atoms with E-state index in [9.17, 15) is 13.2 Å². The minimum absolute atomic E-state index is 0.106. The molecule has 1 heterocycles. The van der Waals surface area contributed by atoms with Crippen molar-refractivity contribution >= 4 is 33.3 Å². The molecule has 0 spiro atoms. The third-order valence-electron chi connectivity index (χ3n) is 4.09. The molecule has 0 bridgehead atoms. The number of carbonyl (C=O) groups is 1. The van der Waals surface area contributed by atoms with Gasteiger partial charge in [-0.3, -0.25) is 9.52 Å². The summed E-state index contributed by atoms with van der Waals surface area (Å²) in [7, 11) is -3.35. The monoisotopic (exact) mass is 431 g/mol. The Morgan fingerprint density at radius 2 is 1.76 bits per heavy atom. The van der Waals surface area contributed by atoms with Crippen LogP contribution in [0.25, 0.3) is 5.69 Å². The highest BCUT2D eigenvalue weighted by Gasteiger charge is 2.13. The first-order valence-electron chi connectivity index (χ1n) is 8.85. The van der Waals surface area contributed by atoms with E-state index in [1.807, 2.05) is 24.3 Å². The fraction of sp³-hybridized carbons (Fsp3) is 0.263. The fourth-order valence-electron chi connectivity index (χ4n) is 2.58. The van der Waals surface area contributed by atoms with Gasteiger partial charge in [-0.25, -0.2) is 8.42 Å². The summed E-state index contributed by atoms with van der Waals surface area (Å²) >= 11 is 1.24. The maximum absolute atomic E-state index is 12.5. The summed E-state index contributed by atoms with van der Waals surface area (Å²) in [6.07, 6.45) is 1.07. The Morgan fingerprint density at radius 3 is 2.34 bits per heavy atom. The van der Waals surface area contributed by atoms with Crippen molar-refractivity contribution < 1.29 is 13.2 Å². The highest BCUT2D eigenvalue weighted by Crippen LogP contribution is 2.22. The highest BCUT2D eigenvalue weighted by atomic mass is 32.2. The lowest BCUT2D eigenvalue weighted by molar-refractivity contribution is 0.102. The Morgan fingerprint density at radius 1 is 1.10 bits per heavy atom. The number of tetrazole rings is 1. The molecule has 0 atom stereocenters. The van der Waals surface area contributed by atoms with Crippen molar-refractivity contribution in [3.63, 3.8) is 0 Å². The predicted octanol–water partition coefficient (Wildman–Crippen LogP) is 3.13. The first kappa shape index (κ1) is 21.0. The second-order valence-corrected chi connectivity index (χ2v) is 9.47. The van der Waals surface area contributed by atoms with Crippen LogP contribution in [-0.2, 0) is 10.0 Å². The van der Waals surface area contributed by atoms with Crippen LogP contribution in [0.5, 0.6) is 0 Å². The predicted molar refractivity (Wildman–Crippen MR) is 113 cm³/mol. The van der Waals surface area contributed by atoms with Crippen LogP contribution >= 0.6 is 11.8 Å². The second kappa shape index (κ2) is 8.75. The van der Waals surface area contributed by atoms with Crippen LogP contribution in [0.3, 0.4) is 0 Å². The van der Waals surface area contributed by atoms with E-state index < -0.39 is 10.0 Å². The minimum atomic E-state index is -3.35. The lowest BCUT2D eigenvalue weighted by atomic mass is 10.0. The van der Waals surface area contributed by atoms with Gasteiger partial charge in [0.1, 0.15) is 0 Å². The van der Waals surface area contributed by atoms with Gasteiger partial charge in [-0.05, 0) is 58.3 Å². The van der Waals surface area contributed by atoms with E-state index in [-0.39, 0.29) is 11.5 Å². The summed E-state index contributed by atoms with van der Waals surface area (Å²) in [5.74, 6) is 0.484. The molecule has 0 fully saturated rings. The second-order valence-electron chi connectivity index (χ2n) is 6.78. The standard InChI is InChI=1S/C19H21N5O3S2/c1-13(2)14-6-10-17(11-7-14)24-19(20-22-23-24)28-12-18(25)15-4-8-16(9-5-15)21-29(3,26)27/h4-11,13,21H,12H2,1-3H3. The van der Waals surface area contributed by atoms with E-state index in [0.717, 1.165) is 11.9 Å². The van der Waals surface area contributed by atoms with Crippen molar-refractivity contribution in [3.05, 3.63) is 59.7 Å². The molecule has 29 heavy (non-hydrogen) atoms. The molecular weight excluding hydrogens is 410 g/mol. The molecule has 0 saturated carbocycles. The number of sulfonamides is 1. The molecule has 0 amide bonds. The summed E-state index contributed by atoms with van der Waals surface area (Å²) in [5, 5.41) is 12.3. The topological polar surface area (TPSA) is 107 Å². The van der Waals surface area contributed by atoms with Gasteiger partial charge < -0.3 is 0 Å². The molecule has 10 heteroatoms. The van der Waals surface area contributed by atoms with Gasteiger partial charge in [0.2, 0.25) is 15.2 Å². The van der Waals surface area contributed by atoms with Gasteiger partial charge >= 0.3 is 0 Å². The average molecular weight is 432 g/mol. The molecule has 1 aromatic heterocycles. The van der Waals surface area contributed by atoms with Crippen LogP contribution in [0, 0.1) is 0 Å². The van der Waals surface area contributed by atoms with Crippen molar-refractivity contribution in [3.8, 4) is 5.69 Å². The minimum Gasteiger partial charge on any atom is -0.293 e. The van der Waals surface area contributed by atoms with Crippen LogP contribution < -0.4 is 4.72 Å². The SMILES string of the molecule is CC(C)c1ccc(-n2nnnc2SCC(=O)c2ccc(NS(C)(=O)=O)cc2)cc1. The first-order chi connectivity index (χ1) is 13.7. The van der Waals surface area contributed by atoms with Gasteiger partial charge in [-0.15, -0.1) is 5.10 Å². The molecule has 3 aromatic rings.